The maximum absolute atomic E-state index is 2.36. The summed E-state index contributed by atoms with van der Waals surface area (Å²) in [5.74, 6) is 0. The van der Waals surface area contributed by atoms with Crippen molar-refractivity contribution in [1.29, 1.82) is 0 Å². The van der Waals surface area contributed by atoms with E-state index in [1.807, 2.05) is 0 Å². The molecule has 4 aromatic rings. The van der Waals surface area contributed by atoms with Gasteiger partial charge in [-0.1, -0.05) is 109 Å². The topological polar surface area (TPSA) is 0 Å². The maximum atomic E-state index is 2.36. The van der Waals surface area contributed by atoms with Crippen molar-refractivity contribution in [2.75, 3.05) is 0 Å². The third-order valence-electron chi connectivity index (χ3n) is 6.37. The Kier molecular flexibility index (Phi) is 8.21. The fraction of sp³-hybridized carbons (Fsp3) is 0.0667. The molecule has 0 heterocycles. The second kappa shape index (κ2) is 10.7. The number of hydrogen-bond acceptors (Lipinski definition) is 0. The zero-order valence-electron chi connectivity index (χ0n) is 18.1. The minimum Gasteiger partial charge on any atom is -1.00 e. The van der Waals surface area contributed by atoms with Crippen LogP contribution >= 0.6 is 0 Å². The number of benzene rings is 4. The Morgan fingerprint density at radius 1 is 0.394 bits per heavy atom. The summed E-state index contributed by atoms with van der Waals surface area (Å²) >= 11 is 0. The Bertz CT molecular complexity index is 1250. The molecule has 0 bridgehead atoms. The van der Waals surface area contributed by atoms with Gasteiger partial charge in [0.1, 0.15) is 0 Å². The standard InChI is InChI=1S/C30H22.2ClH.Ti/c1-2-10-22-18-25(17-21(22)9-1)27-13-5-7-15-29(27)30-16-8-6-14-28(30)26-19-23-11-3-4-12-24(23)20-26;;;/h1-17,19H,18,20H2;2*1H;/q;;;+2/p-2. The van der Waals surface area contributed by atoms with Crippen LogP contribution in [0.5, 0.6) is 0 Å². The molecule has 0 nitrogen and oxygen atoms in total. The minimum absolute atomic E-state index is 0. The molecule has 0 atom stereocenters. The summed E-state index contributed by atoms with van der Waals surface area (Å²) in [6.45, 7) is 0. The van der Waals surface area contributed by atoms with E-state index in [4.69, 9.17) is 0 Å². The van der Waals surface area contributed by atoms with Crippen molar-refractivity contribution in [2.24, 2.45) is 0 Å². The van der Waals surface area contributed by atoms with Crippen molar-refractivity contribution in [3.8, 4) is 11.1 Å². The molecule has 2 aliphatic carbocycles. The molecule has 0 radical (unpaired) electrons. The molecule has 33 heavy (non-hydrogen) atoms. The van der Waals surface area contributed by atoms with E-state index in [2.05, 4.69) is 109 Å². The van der Waals surface area contributed by atoms with E-state index in [1.54, 1.807) is 0 Å². The van der Waals surface area contributed by atoms with E-state index >= 15 is 0 Å². The summed E-state index contributed by atoms with van der Waals surface area (Å²) in [7, 11) is 0. The van der Waals surface area contributed by atoms with E-state index in [0.717, 1.165) is 12.8 Å². The van der Waals surface area contributed by atoms with E-state index in [0.29, 0.717) is 0 Å². The van der Waals surface area contributed by atoms with Crippen molar-refractivity contribution in [2.45, 2.75) is 12.8 Å². The molecule has 0 aliphatic heterocycles. The first kappa shape index (κ1) is 25.3. The van der Waals surface area contributed by atoms with Gasteiger partial charge < -0.3 is 24.8 Å². The number of hydrogen-bond donors (Lipinski definition) is 0. The normalized spacial score (nSPS) is 12.8. The fourth-order valence-electron chi connectivity index (χ4n) is 4.90. The molecule has 0 fully saturated rings. The summed E-state index contributed by atoms with van der Waals surface area (Å²) in [5.41, 5.74) is 13.7. The second-order valence-corrected chi connectivity index (χ2v) is 8.18. The average molecular weight is 501 g/mol. The van der Waals surface area contributed by atoms with Gasteiger partial charge in [0.25, 0.3) is 0 Å². The van der Waals surface area contributed by atoms with Crippen LogP contribution in [-0.2, 0) is 34.6 Å². The van der Waals surface area contributed by atoms with E-state index in [9.17, 15) is 0 Å². The Hall–Kier alpha value is -2.35. The third kappa shape index (κ3) is 4.67. The summed E-state index contributed by atoms with van der Waals surface area (Å²) < 4.78 is 0. The molecule has 0 amide bonds. The number of fused-ring (bicyclic) bond motifs is 2. The first-order valence-electron chi connectivity index (χ1n) is 10.6. The first-order valence-corrected chi connectivity index (χ1v) is 10.6. The van der Waals surface area contributed by atoms with Gasteiger partial charge in [0.05, 0.1) is 0 Å². The Balaban J connectivity index is 0.00000102. The van der Waals surface area contributed by atoms with Crippen LogP contribution in [0.2, 0.25) is 0 Å². The van der Waals surface area contributed by atoms with Gasteiger partial charge in [-0.05, 0) is 68.5 Å². The second-order valence-electron chi connectivity index (χ2n) is 8.18. The molecule has 3 heteroatoms. The molecule has 0 aromatic heterocycles. The van der Waals surface area contributed by atoms with Gasteiger partial charge in [-0.15, -0.1) is 0 Å². The van der Waals surface area contributed by atoms with Crippen molar-refractivity contribution in [3.63, 3.8) is 0 Å². The molecule has 0 saturated heterocycles. The van der Waals surface area contributed by atoms with E-state index in [-0.39, 0.29) is 46.5 Å². The van der Waals surface area contributed by atoms with Gasteiger partial charge in [-0.2, -0.15) is 0 Å². The van der Waals surface area contributed by atoms with Crippen LogP contribution < -0.4 is 24.8 Å². The number of rotatable bonds is 3. The summed E-state index contributed by atoms with van der Waals surface area (Å²) in [6, 6.07) is 35.2. The predicted molar refractivity (Wildman–Crippen MR) is 128 cm³/mol. The van der Waals surface area contributed by atoms with Gasteiger partial charge in [0.2, 0.25) is 0 Å². The zero-order chi connectivity index (χ0) is 19.9. The molecule has 2 aliphatic rings. The molecule has 0 spiro atoms. The molecule has 0 unspecified atom stereocenters. The van der Waals surface area contributed by atoms with Gasteiger partial charge in [-0.25, -0.2) is 0 Å². The van der Waals surface area contributed by atoms with Gasteiger partial charge in [0.15, 0.2) is 0 Å². The molecule has 160 valence electrons. The molecular formula is C30H22Cl2Ti. The van der Waals surface area contributed by atoms with Crippen LogP contribution in [-0.4, -0.2) is 0 Å². The Morgan fingerprint density at radius 3 is 1.12 bits per heavy atom. The Labute approximate surface area is 223 Å². The minimum atomic E-state index is 0. The third-order valence-corrected chi connectivity index (χ3v) is 6.37. The van der Waals surface area contributed by atoms with Crippen LogP contribution in [0, 0.1) is 0 Å². The Morgan fingerprint density at radius 2 is 0.727 bits per heavy atom. The molecule has 0 saturated carbocycles. The number of allylic oxidation sites excluding steroid dienone is 2. The predicted octanol–water partition coefficient (Wildman–Crippen LogP) is 1.55. The smallest absolute Gasteiger partial charge is 1.00 e. The SMILES string of the molecule is C1=C(c2ccccc2-c2ccccc2C2=Cc3ccccc3C2)Cc2ccccc21.[Cl-].[Cl-].[Ti+2]. The number of halogens is 2. The van der Waals surface area contributed by atoms with Crippen molar-refractivity contribution in [3.05, 3.63) is 130 Å². The summed E-state index contributed by atoms with van der Waals surface area (Å²) in [4.78, 5) is 0. The van der Waals surface area contributed by atoms with Crippen molar-refractivity contribution >= 4 is 23.3 Å². The molecule has 4 aromatic carbocycles. The van der Waals surface area contributed by atoms with Crippen LogP contribution in [0.4, 0.5) is 0 Å². The first-order chi connectivity index (χ1) is 14.9. The van der Waals surface area contributed by atoms with Crippen LogP contribution in [0.3, 0.4) is 0 Å². The van der Waals surface area contributed by atoms with Crippen molar-refractivity contribution in [1.82, 2.24) is 0 Å². The average Bonchev–Trinajstić information content (AvgIpc) is 3.43. The van der Waals surface area contributed by atoms with E-state index < -0.39 is 0 Å². The van der Waals surface area contributed by atoms with Crippen LogP contribution in [0.1, 0.15) is 33.4 Å². The van der Waals surface area contributed by atoms with Crippen molar-refractivity contribution < 1.29 is 46.5 Å². The van der Waals surface area contributed by atoms with E-state index in [1.165, 1.54) is 55.7 Å². The molecule has 6 rings (SSSR count). The summed E-state index contributed by atoms with van der Waals surface area (Å²) in [5, 5.41) is 0. The maximum Gasteiger partial charge on any atom is 2.00 e. The van der Waals surface area contributed by atoms with Gasteiger partial charge in [0, 0.05) is 0 Å². The fourth-order valence-corrected chi connectivity index (χ4v) is 4.90. The largest absolute Gasteiger partial charge is 2.00 e. The zero-order valence-corrected chi connectivity index (χ0v) is 21.1. The van der Waals surface area contributed by atoms with Gasteiger partial charge >= 0.3 is 21.7 Å². The van der Waals surface area contributed by atoms with Gasteiger partial charge in [-0.3, -0.25) is 0 Å². The quantitative estimate of drug-likeness (QED) is 0.374. The summed E-state index contributed by atoms with van der Waals surface area (Å²) in [6.07, 6.45) is 6.73. The van der Waals surface area contributed by atoms with Crippen LogP contribution in [0.15, 0.2) is 97.1 Å². The monoisotopic (exact) mass is 500 g/mol. The molecule has 0 N–H and O–H groups in total. The van der Waals surface area contributed by atoms with Crippen LogP contribution in [0.25, 0.3) is 34.4 Å². The molecular weight excluding hydrogens is 479 g/mol.